The zero-order valence-corrected chi connectivity index (χ0v) is 14.6. The van der Waals surface area contributed by atoms with E-state index < -0.39 is 0 Å². The van der Waals surface area contributed by atoms with Crippen molar-refractivity contribution in [3.63, 3.8) is 0 Å². The van der Waals surface area contributed by atoms with E-state index in [1.165, 1.54) is 0 Å². The quantitative estimate of drug-likeness (QED) is 0.894. The first-order chi connectivity index (χ1) is 9.50. The first-order valence-electron chi connectivity index (χ1n) is 6.93. The fourth-order valence-corrected chi connectivity index (χ4v) is 3.16. The van der Waals surface area contributed by atoms with Crippen LogP contribution in [0.1, 0.15) is 31.4 Å². The van der Waals surface area contributed by atoms with E-state index in [9.17, 15) is 4.79 Å². The lowest BCUT2D eigenvalue weighted by Gasteiger charge is -2.31. The lowest BCUT2D eigenvalue weighted by Crippen LogP contribution is -2.40. The van der Waals surface area contributed by atoms with Gasteiger partial charge in [0.05, 0.1) is 6.04 Å². The Morgan fingerprint density at radius 3 is 2.52 bits per heavy atom. The van der Waals surface area contributed by atoms with Crippen LogP contribution in [0.2, 0.25) is 10.0 Å². The second-order valence-corrected chi connectivity index (χ2v) is 6.16. The Morgan fingerprint density at radius 1 is 1.33 bits per heavy atom. The molecule has 0 bridgehead atoms. The number of nitrogens with zero attached hydrogens (tertiary/aromatic N) is 1. The molecular formula is C15H21Cl3N2O. The molecule has 1 aromatic rings. The molecule has 3 nitrogen and oxygen atoms in total. The van der Waals surface area contributed by atoms with Crippen LogP contribution in [0.15, 0.2) is 18.2 Å². The van der Waals surface area contributed by atoms with Gasteiger partial charge in [-0.15, -0.1) is 12.4 Å². The van der Waals surface area contributed by atoms with Crippen molar-refractivity contribution in [3.05, 3.63) is 33.8 Å². The summed E-state index contributed by atoms with van der Waals surface area (Å²) in [7, 11) is 1.85. The molecule has 1 aliphatic heterocycles. The molecule has 0 saturated carbocycles. The normalized spacial score (nSPS) is 17.0. The Morgan fingerprint density at radius 2 is 1.95 bits per heavy atom. The molecule has 6 heteroatoms. The van der Waals surface area contributed by atoms with E-state index >= 15 is 0 Å². The second-order valence-electron chi connectivity index (χ2n) is 5.32. The molecule has 1 heterocycles. The minimum Gasteiger partial charge on any atom is -0.339 e. The van der Waals surface area contributed by atoms with Gasteiger partial charge in [0.2, 0.25) is 5.91 Å². The van der Waals surface area contributed by atoms with E-state index in [2.05, 4.69) is 5.32 Å². The Hall–Kier alpha value is -0.480. The SMILES string of the molecule is CC(c1ccc(Cl)cc1Cl)N(C)C(=O)C1CCNCC1.Cl. The number of carbonyl (C=O) groups is 1. The molecule has 0 aromatic heterocycles. The molecule has 1 amide bonds. The number of amides is 1. The number of nitrogens with one attached hydrogen (secondary N) is 1. The monoisotopic (exact) mass is 350 g/mol. The van der Waals surface area contributed by atoms with Crippen LogP contribution in [0.25, 0.3) is 0 Å². The average molecular weight is 352 g/mol. The summed E-state index contributed by atoms with van der Waals surface area (Å²) < 4.78 is 0. The molecule has 21 heavy (non-hydrogen) atoms. The highest BCUT2D eigenvalue weighted by atomic mass is 35.5. The van der Waals surface area contributed by atoms with Crippen molar-refractivity contribution < 1.29 is 4.79 Å². The smallest absolute Gasteiger partial charge is 0.226 e. The van der Waals surface area contributed by atoms with Gasteiger partial charge in [-0.25, -0.2) is 0 Å². The molecule has 1 aromatic carbocycles. The molecule has 2 rings (SSSR count). The van der Waals surface area contributed by atoms with Crippen LogP contribution in [-0.4, -0.2) is 30.9 Å². The van der Waals surface area contributed by atoms with Crippen molar-refractivity contribution in [2.75, 3.05) is 20.1 Å². The zero-order chi connectivity index (χ0) is 14.7. The van der Waals surface area contributed by atoms with E-state index in [1.807, 2.05) is 26.1 Å². The summed E-state index contributed by atoms with van der Waals surface area (Å²) in [5, 5.41) is 4.49. The number of rotatable bonds is 3. The molecule has 0 radical (unpaired) electrons. The molecule has 0 spiro atoms. The highest BCUT2D eigenvalue weighted by Crippen LogP contribution is 2.30. The Balaban J connectivity index is 0.00000220. The van der Waals surface area contributed by atoms with Crippen molar-refractivity contribution >= 4 is 41.5 Å². The van der Waals surface area contributed by atoms with E-state index in [1.54, 1.807) is 11.0 Å². The molecule has 0 aliphatic carbocycles. The van der Waals surface area contributed by atoms with Gasteiger partial charge in [-0.05, 0) is 50.6 Å². The molecule has 1 N–H and O–H groups in total. The van der Waals surface area contributed by atoms with Gasteiger partial charge in [0.15, 0.2) is 0 Å². The fourth-order valence-electron chi connectivity index (χ4n) is 2.60. The molecular weight excluding hydrogens is 331 g/mol. The predicted octanol–water partition coefficient (Wildman–Crippen LogP) is 3.93. The third-order valence-corrected chi connectivity index (χ3v) is 4.59. The minimum atomic E-state index is -0.0536. The van der Waals surface area contributed by atoms with E-state index in [0.29, 0.717) is 10.0 Å². The summed E-state index contributed by atoms with van der Waals surface area (Å²) in [5.41, 5.74) is 0.931. The summed E-state index contributed by atoms with van der Waals surface area (Å²) in [6.45, 7) is 3.83. The van der Waals surface area contributed by atoms with Crippen molar-refractivity contribution in [3.8, 4) is 0 Å². The maximum atomic E-state index is 12.5. The lowest BCUT2D eigenvalue weighted by atomic mass is 9.95. The number of hydrogen-bond acceptors (Lipinski definition) is 2. The topological polar surface area (TPSA) is 32.3 Å². The first-order valence-corrected chi connectivity index (χ1v) is 7.68. The highest BCUT2D eigenvalue weighted by Gasteiger charge is 2.27. The lowest BCUT2D eigenvalue weighted by molar-refractivity contribution is -0.137. The van der Waals surface area contributed by atoms with Gasteiger partial charge in [-0.1, -0.05) is 29.3 Å². The maximum Gasteiger partial charge on any atom is 0.226 e. The van der Waals surface area contributed by atoms with Crippen LogP contribution >= 0.6 is 35.6 Å². The number of halogens is 3. The van der Waals surface area contributed by atoms with E-state index in [0.717, 1.165) is 31.5 Å². The second kappa shape index (κ2) is 8.23. The van der Waals surface area contributed by atoms with E-state index in [4.69, 9.17) is 23.2 Å². The molecule has 1 aliphatic rings. The minimum absolute atomic E-state index is 0. The summed E-state index contributed by atoms with van der Waals surface area (Å²) in [5.74, 6) is 0.319. The third kappa shape index (κ3) is 4.49. The van der Waals surface area contributed by atoms with Crippen LogP contribution in [0, 0.1) is 5.92 Å². The van der Waals surface area contributed by atoms with Gasteiger partial charge in [0.1, 0.15) is 0 Å². The van der Waals surface area contributed by atoms with Crippen LogP contribution in [0.5, 0.6) is 0 Å². The zero-order valence-electron chi connectivity index (χ0n) is 12.2. The van der Waals surface area contributed by atoms with Crippen LogP contribution < -0.4 is 5.32 Å². The van der Waals surface area contributed by atoms with Gasteiger partial charge in [-0.3, -0.25) is 4.79 Å². The van der Waals surface area contributed by atoms with Crippen LogP contribution in [0.3, 0.4) is 0 Å². The van der Waals surface area contributed by atoms with Gasteiger partial charge in [0.25, 0.3) is 0 Å². The Kier molecular flexibility index (Phi) is 7.28. The molecule has 1 saturated heterocycles. The number of carbonyl (C=O) groups excluding carboxylic acids is 1. The molecule has 1 atom stereocenters. The van der Waals surface area contributed by atoms with E-state index in [-0.39, 0.29) is 30.3 Å². The van der Waals surface area contributed by atoms with Gasteiger partial charge in [-0.2, -0.15) is 0 Å². The number of hydrogen-bond donors (Lipinski definition) is 1. The summed E-state index contributed by atoms with van der Waals surface area (Å²) >= 11 is 12.1. The summed E-state index contributed by atoms with van der Waals surface area (Å²) in [6, 6.07) is 5.36. The Bertz CT molecular complexity index is 490. The van der Waals surface area contributed by atoms with Crippen molar-refractivity contribution in [2.45, 2.75) is 25.8 Å². The summed E-state index contributed by atoms with van der Waals surface area (Å²) in [6.07, 6.45) is 1.81. The van der Waals surface area contributed by atoms with Gasteiger partial charge in [0, 0.05) is 23.0 Å². The molecule has 118 valence electrons. The van der Waals surface area contributed by atoms with Crippen molar-refractivity contribution in [1.82, 2.24) is 10.2 Å². The standard InChI is InChI=1S/C15H20Cl2N2O.ClH/c1-10(13-4-3-12(16)9-14(13)17)19(2)15(20)11-5-7-18-8-6-11;/h3-4,9-11,18H,5-8H2,1-2H3;1H. The fraction of sp³-hybridized carbons (Fsp3) is 0.533. The first kappa shape index (κ1) is 18.6. The number of benzene rings is 1. The summed E-state index contributed by atoms with van der Waals surface area (Å²) in [4.78, 5) is 14.3. The highest BCUT2D eigenvalue weighted by molar-refractivity contribution is 6.35. The number of piperidine rings is 1. The maximum absolute atomic E-state index is 12.5. The van der Waals surface area contributed by atoms with Crippen LogP contribution in [-0.2, 0) is 4.79 Å². The van der Waals surface area contributed by atoms with Crippen molar-refractivity contribution in [1.29, 1.82) is 0 Å². The van der Waals surface area contributed by atoms with Crippen LogP contribution in [0.4, 0.5) is 0 Å². The van der Waals surface area contributed by atoms with Gasteiger partial charge < -0.3 is 10.2 Å². The molecule has 1 unspecified atom stereocenters. The van der Waals surface area contributed by atoms with Gasteiger partial charge >= 0.3 is 0 Å². The Labute approximate surface area is 142 Å². The largest absolute Gasteiger partial charge is 0.339 e. The molecule has 1 fully saturated rings. The predicted molar refractivity (Wildman–Crippen MR) is 90.5 cm³/mol. The average Bonchev–Trinajstić information content (AvgIpc) is 2.46. The van der Waals surface area contributed by atoms with Crippen molar-refractivity contribution in [2.24, 2.45) is 5.92 Å². The third-order valence-electron chi connectivity index (χ3n) is 4.03.